The zero-order valence-corrected chi connectivity index (χ0v) is 18.8. The van der Waals surface area contributed by atoms with Gasteiger partial charge in [-0.15, -0.1) is 24.0 Å². The van der Waals surface area contributed by atoms with Crippen LogP contribution in [0.4, 0.5) is 0 Å². The summed E-state index contributed by atoms with van der Waals surface area (Å²) in [5.74, 6) is 0.759. The Kier molecular flexibility index (Phi) is 9.75. The van der Waals surface area contributed by atoms with Gasteiger partial charge in [0.25, 0.3) is 0 Å². The fraction of sp³-hybridized carbons (Fsp3) is 0.316. The average Bonchev–Trinajstić information content (AvgIpc) is 2.59. The van der Waals surface area contributed by atoms with Crippen LogP contribution in [0.25, 0.3) is 0 Å². The molecule has 6 nitrogen and oxygen atoms in total. The number of sulfonamides is 1. The number of rotatable bonds is 7. The molecule has 0 aromatic heterocycles. The summed E-state index contributed by atoms with van der Waals surface area (Å²) in [6.07, 6.45) is 0.750. The summed E-state index contributed by atoms with van der Waals surface area (Å²) in [6.45, 7) is 6.17. The molecule has 0 fully saturated rings. The minimum atomic E-state index is -3.64. The number of nitrogens with two attached hydrogens (primary N) is 1. The van der Waals surface area contributed by atoms with Crippen LogP contribution in [-0.2, 0) is 23.0 Å². The van der Waals surface area contributed by atoms with Crippen molar-refractivity contribution >= 4 is 40.0 Å². The first-order chi connectivity index (χ1) is 12.4. The van der Waals surface area contributed by atoms with E-state index >= 15 is 0 Å². The number of nitrogens with zero attached hydrogens (tertiary/aromatic N) is 1. The SMILES string of the molecule is CCNC(=NCc1cccc(C)c1)NCCc1ccc(S(N)(=O)=O)cc1.I. The van der Waals surface area contributed by atoms with E-state index in [0.29, 0.717) is 13.1 Å². The van der Waals surface area contributed by atoms with E-state index in [4.69, 9.17) is 5.14 Å². The highest BCUT2D eigenvalue weighted by Crippen LogP contribution is 2.09. The maximum Gasteiger partial charge on any atom is 0.238 e. The van der Waals surface area contributed by atoms with Gasteiger partial charge < -0.3 is 10.6 Å². The van der Waals surface area contributed by atoms with E-state index in [9.17, 15) is 8.42 Å². The van der Waals surface area contributed by atoms with Gasteiger partial charge in [-0.25, -0.2) is 18.5 Å². The smallest absolute Gasteiger partial charge is 0.238 e. The molecule has 148 valence electrons. The van der Waals surface area contributed by atoms with E-state index in [0.717, 1.165) is 24.5 Å². The number of nitrogens with one attached hydrogen (secondary N) is 2. The zero-order valence-electron chi connectivity index (χ0n) is 15.6. The number of hydrogen-bond donors (Lipinski definition) is 3. The lowest BCUT2D eigenvalue weighted by Gasteiger charge is -2.11. The van der Waals surface area contributed by atoms with E-state index in [1.165, 1.54) is 23.3 Å². The summed E-state index contributed by atoms with van der Waals surface area (Å²) in [4.78, 5) is 4.73. The van der Waals surface area contributed by atoms with Gasteiger partial charge in [-0.05, 0) is 43.5 Å². The quantitative estimate of drug-likeness (QED) is 0.308. The molecule has 2 rings (SSSR count). The summed E-state index contributed by atoms with van der Waals surface area (Å²) in [5.41, 5.74) is 3.42. The summed E-state index contributed by atoms with van der Waals surface area (Å²) in [7, 11) is -3.64. The predicted molar refractivity (Wildman–Crippen MR) is 121 cm³/mol. The van der Waals surface area contributed by atoms with Crippen LogP contribution in [0.2, 0.25) is 0 Å². The Hall–Kier alpha value is -1.65. The van der Waals surface area contributed by atoms with E-state index in [1.807, 2.05) is 13.0 Å². The van der Waals surface area contributed by atoms with Crippen LogP contribution in [0, 0.1) is 6.92 Å². The maximum absolute atomic E-state index is 11.3. The molecule has 0 atom stereocenters. The third-order valence-corrected chi connectivity index (χ3v) is 4.73. The Morgan fingerprint density at radius 3 is 2.37 bits per heavy atom. The summed E-state index contributed by atoms with van der Waals surface area (Å²) >= 11 is 0. The topological polar surface area (TPSA) is 96.6 Å². The number of aliphatic imine (C=N–C) groups is 1. The zero-order chi connectivity index (χ0) is 19.0. The molecule has 0 bridgehead atoms. The molecule has 8 heteroatoms. The first-order valence-corrected chi connectivity index (χ1v) is 10.1. The molecular weight excluding hydrogens is 475 g/mol. The number of primary sulfonamides is 1. The molecule has 0 amide bonds. The van der Waals surface area contributed by atoms with Crippen molar-refractivity contribution in [2.24, 2.45) is 10.1 Å². The molecule has 2 aromatic rings. The molecule has 0 radical (unpaired) electrons. The maximum atomic E-state index is 11.3. The highest BCUT2D eigenvalue weighted by atomic mass is 127. The third kappa shape index (κ3) is 8.27. The van der Waals surface area contributed by atoms with Gasteiger partial charge in [0.05, 0.1) is 11.4 Å². The van der Waals surface area contributed by atoms with Gasteiger partial charge in [0, 0.05) is 13.1 Å². The van der Waals surface area contributed by atoms with E-state index in [2.05, 4.69) is 40.7 Å². The van der Waals surface area contributed by atoms with E-state index in [1.54, 1.807) is 12.1 Å². The van der Waals surface area contributed by atoms with Gasteiger partial charge >= 0.3 is 0 Å². The van der Waals surface area contributed by atoms with Gasteiger partial charge in [-0.1, -0.05) is 42.0 Å². The van der Waals surface area contributed by atoms with Crippen LogP contribution in [0.3, 0.4) is 0 Å². The molecule has 0 spiro atoms. The van der Waals surface area contributed by atoms with Gasteiger partial charge in [0.15, 0.2) is 5.96 Å². The van der Waals surface area contributed by atoms with Crippen LogP contribution in [-0.4, -0.2) is 27.5 Å². The second-order valence-corrected chi connectivity index (χ2v) is 7.61. The highest BCUT2D eigenvalue weighted by molar-refractivity contribution is 14.0. The molecule has 0 aliphatic carbocycles. The summed E-state index contributed by atoms with van der Waals surface area (Å²) in [5, 5.41) is 11.6. The summed E-state index contributed by atoms with van der Waals surface area (Å²) < 4.78 is 22.5. The Morgan fingerprint density at radius 2 is 1.78 bits per heavy atom. The summed E-state index contributed by atoms with van der Waals surface area (Å²) in [6, 6.07) is 14.9. The number of benzene rings is 2. The molecule has 4 N–H and O–H groups in total. The molecule has 27 heavy (non-hydrogen) atoms. The fourth-order valence-corrected chi connectivity index (χ4v) is 3.01. The molecule has 0 aliphatic heterocycles. The second kappa shape index (κ2) is 11.3. The molecular formula is C19H27IN4O2S. The van der Waals surface area contributed by atoms with Gasteiger partial charge in [0.1, 0.15) is 0 Å². The normalized spacial score (nSPS) is 11.6. The lowest BCUT2D eigenvalue weighted by atomic mass is 10.1. The largest absolute Gasteiger partial charge is 0.357 e. The monoisotopic (exact) mass is 502 g/mol. The van der Waals surface area contributed by atoms with Crippen LogP contribution >= 0.6 is 24.0 Å². The Morgan fingerprint density at radius 1 is 1.07 bits per heavy atom. The van der Waals surface area contributed by atoms with Crippen molar-refractivity contribution in [3.05, 3.63) is 65.2 Å². The van der Waals surface area contributed by atoms with Crippen LogP contribution in [0.1, 0.15) is 23.6 Å². The average molecular weight is 502 g/mol. The lowest BCUT2D eigenvalue weighted by Crippen LogP contribution is -2.38. The van der Waals surface area contributed by atoms with E-state index in [-0.39, 0.29) is 28.9 Å². The molecule has 0 saturated carbocycles. The van der Waals surface area contributed by atoms with Crippen molar-refractivity contribution in [3.8, 4) is 0 Å². The predicted octanol–water partition coefficient (Wildman–Crippen LogP) is 2.56. The van der Waals surface area contributed by atoms with Crippen molar-refractivity contribution in [3.63, 3.8) is 0 Å². The molecule has 2 aromatic carbocycles. The first kappa shape index (κ1) is 23.4. The van der Waals surface area contributed by atoms with Gasteiger partial charge in [0.2, 0.25) is 10.0 Å². The lowest BCUT2D eigenvalue weighted by molar-refractivity contribution is 0.598. The third-order valence-electron chi connectivity index (χ3n) is 3.80. The molecule has 0 saturated heterocycles. The number of halogens is 1. The van der Waals surface area contributed by atoms with Crippen molar-refractivity contribution in [2.75, 3.05) is 13.1 Å². The van der Waals surface area contributed by atoms with Crippen molar-refractivity contribution in [1.29, 1.82) is 0 Å². The molecule has 0 heterocycles. The Labute approximate surface area is 178 Å². The van der Waals surface area contributed by atoms with Crippen LogP contribution in [0.5, 0.6) is 0 Å². The highest BCUT2D eigenvalue weighted by Gasteiger charge is 2.06. The number of aryl methyl sites for hydroxylation is 1. The first-order valence-electron chi connectivity index (χ1n) is 8.58. The minimum Gasteiger partial charge on any atom is -0.357 e. The van der Waals surface area contributed by atoms with Crippen molar-refractivity contribution in [1.82, 2.24) is 10.6 Å². The number of hydrogen-bond acceptors (Lipinski definition) is 3. The van der Waals surface area contributed by atoms with Gasteiger partial charge in [-0.2, -0.15) is 0 Å². The number of guanidine groups is 1. The molecule has 0 aliphatic rings. The van der Waals surface area contributed by atoms with Crippen molar-refractivity contribution < 1.29 is 8.42 Å². The van der Waals surface area contributed by atoms with E-state index < -0.39 is 10.0 Å². The van der Waals surface area contributed by atoms with Crippen molar-refractivity contribution in [2.45, 2.75) is 31.7 Å². The van der Waals surface area contributed by atoms with Crippen LogP contribution < -0.4 is 15.8 Å². The standard InChI is InChI=1S/C19H26N4O2S.HI/c1-3-21-19(23-14-17-6-4-5-15(2)13-17)22-12-11-16-7-9-18(10-8-16)26(20,24)25;/h4-10,13H,3,11-12,14H2,1-2H3,(H2,20,24,25)(H2,21,22,23);1H. The van der Waals surface area contributed by atoms with Crippen LogP contribution in [0.15, 0.2) is 58.4 Å². The second-order valence-electron chi connectivity index (χ2n) is 6.05. The van der Waals surface area contributed by atoms with Gasteiger partial charge in [-0.3, -0.25) is 0 Å². The Bertz CT molecular complexity index is 852. The minimum absolute atomic E-state index is 0. The molecule has 0 unspecified atom stereocenters. The fourth-order valence-electron chi connectivity index (χ4n) is 2.49. The Balaban J connectivity index is 0.00000364.